The van der Waals surface area contributed by atoms with Crippen molar-refractivity contribution in [1.29, 1.82) is 0 Å². The Morgan fingerprint density at radius 2 is 2.10 bits per heavy atom. The standard InChI is InChI=1S/C16H24N2O3/c1-20-12-16(6-8-17-9-7-16)11-18-15(19)13-4-3-5-14(10-13)21-2/h3-5,10,17H,6-9,11-12H2,1-2H3,(H,18,19). The van der Waals surface area contributed by atoms with Crippen LogP contribution in [0.3, 0.4) is 0 Å². The van der Waals surface area contributed by atoms with E-state index >= 15 is 0 Å². The lowest BCUT2D eigenvalue weighted by molar-refractivity contribution is 0.0511. The summed E-state index contributed by atoms with van der Waals surface area (Å²) in [5.41, 5.74) is 0.657. The summed E-state index contributed by atoms with van der Waals surface area (Å²) in [5, 5.41) is 6.39. The normalized spacial score (nSPS) is 17.2. The van der Waals surface area contributed by atoms with Crippen LogP contribution in [0.15, 0.2) is 24.3 Å². The van der Waals surface area contributed by atoms with E-state index in [1.807, 2.05) is 12.1 Å². The number of methoxy groups -OCH3 is 2. The van der Waals surface area contributed by atoms with E-state index in [1.165, 1.54) is 0 Å². The van der Waals surface area contributed by atoms with Gasteiger partial charge in [-0.15, -0.1) is 0 Å². The number of carbonyl (C=O) groups is 1. The second-order valence-electron chi connectivity index (χ2n) is 5.60. The van der Waals surface area contributed by atoms with Crippen LogP contribution < -0.4 is 15.4 Å². The third-order valence-corrected chi connectivity index (χ3v) is 4.07. The van der Waals surface area contributed by atoms with Gasteiger partial charge in [0.15, 0.2) is 0 Å². The van der Waals surface area contributed by atoms with Gasteiger partial charge in [0.2, 0.25) is 0 Å². The van der Waals surface area contributed by atoms with Crippen molar-refractivity contribution in [2.75, 3.05) is 40.5 Å². The van der Waals surface area contributed by atoms with Gasteiger partial charge in [0.05, 0.1) is 13.7 Å². The van der Waals surface area contributed by atoms with Crippen molar-refractivity contribution in [2.45, 2.75) is 12.8 Å². The number of hydrogen-bond acceptors (Lipinski definition) is 4. The van der Waals surface area contributed by atoms with Gasteiger partial charge in [-0.1, -0.05) is 6.07 Å². The van der Waals surface area contributed by atoms with Crippen LogP contribution in [0.25, 0.3) is 0 Å². The van der Waals surface area contributed by atoms with Gasteiger partial charge in [0.25, 0.3) is 5.91 Å². The first kappa shape index (κ1) is 15.8. The minimum absolute atomic E-state index is 0.0362. The Kier molecular flexibility index (Phi) is 5.59. The molecule has 1 fully saturated rings. The van der Waals surface area contributed by atoms with Gasteiger partial charge in [0, 0.05) is 24.6 Å². The van der Waals surface area contributed by atoms with Gasteiger partial charge >= 0.3 is 0 Å². The van der Waals surface area contributed by atoms with E-state index in [0.29, 0.717) is 24.5 Å². The van der Waals surface area contributed by atoms with E-state index in [4.69, 9.17) is 9.47 Å². The Labute approximate surface area is 126 Å². The van der Waals surface area contributed by atoms with Crippen LogP contribution in [0.2, 0.25) is 0 Å². The van der Waals surface area contributed by atoms with Crippen molar-refractivity contribution in [3.63, 3.8) is 0 Å². The van der Waals surface area contributed by atoms with Crippen LogP contribution >= 0.6 is 0 Å². The number of piperidine rings is 1. The lowest BCUT2D eigenvalue weighted by Crippen LogP contribution is -2.47. The zero-order valence-corrected chi connectivity index (χ0v) is 12.8. The molecule has 0 atom stereocenters. The first-order chi connectivity index (χ1) is 10.2. The molecule has 1 aliphatic heterocycles. The SMILES string of the molecule is COCC1(CNC(=O)c2cccc(OC)c2)CCNCC1. The Bertz CT molecular complexity index is 465. The largest absolute Gasteiger partial charge is 0.497 e. The van der Waals surface area contributed by atoms with Crippen molar-refractivity contribution in [3.8, 4) is 5.75 Å². The molecule has 1 aromatic rings. The molecule has 0 aliphatic carbocycles. The molecule has 5 heteroatoms. The summed E-state index contributed by atoms with van der Waals surface area (Å²) in [7, 11) is 3.31. The maximum absolute atomic E-state index is 12.3. The molecule has 2 N–H and O–H groups in total. The summed E-state index contributed by atoms with van der Waals surface area (Å²) in [6.07, 6.45) is 2.03. The monoisotopic (exact) mass is 292 g/mol. The highest BCUT2D eigenvalue weighted by Crippen LogP contribution is 2.28. The van der Waals surface area contributed by atoms with Gasteiger partial charge in [-0.3, -0.25) is 4.79 Å². The van der Waals surface area contributed by atoms with Gasteiger partial charge in [0.1, 0.15) is 5.75 Å². The highest BCUT2D eigenvalue weighted by molar-refractivity contribution is 5.94. The average molecular weight is 292 g/mol. The lowest BCUT2D eigenvalue weighted by Gasteiger charge is -2.37. The van der Waals surface area contributed by atoms with Crippen LogP contribution in [-0.2, 0) is 4.74 Å². The maximum atomic E-state index is 12.3. The third kappa shape index (κ3) is 4.19. The van der Waals surface area contributed by atoms with Crippen molar-refractivity contribution in [2.24, 2.45) is 5.41 Å². The van der Waals surface area contributed by atoms with Crippen LogP contribution in [-0.4, -0.2) is 46.4 Å². The molecule has 0 radical (unpaired) electrons. The van der Waals surface area contributed by atoms with Crippen molar-refractivity contribution >= 4 is 5.91 Å². The first-order valence-electron chi connectivity index (χ1n) is 7.31. The summed E-state index contributed by atoms with van der Waals surface area (Å²) in [4.78, 5) is 12.3. The highest BCUT2D eigenvalue weighted by atomic mass is 16.5. The fraction of sp³-hybridized carbons (Fsp3) is 0.562. The van der Waals surface area contributed by atoms with E-state index in [0.717, 1.165) is 25.9 Å². The highest BCUT2D eigenvalue weighted by Gasteiger charge is 2.32. The molecule has 1 saturated heterocycles. The third-order valence-electron chi connectivity index (χ3n) is 4.07. The number of ether oxygens (including phenoxy) is 2. The number of rotatable bonds is 6. The van der Waals surface area contributed by atoms with Crippen LogP contribution in [0.4, 0.5) is 0 Å². The fourth-order valence-corrected chi connectivity index (χ4v) is 2.77. The van der Waals surface area contributed by atoms with Gasteiger partial charge in [-0.2, -0.15) is 0 Å². The topological polar surface area (TPSA) is 59.6 Å². The van der Waals surface area contributed by atoms with E-state index in [2.05, 4.69) is 10.6 Å². The van der Waals surface area contributed by atoms with Crippen LogP contribution in [0.5, 0.6) is 5.75 Å². The summed E-state index contributed by atoms with van der Waals surface area (Å²) in [6.45, 7) is 3.25. The molecule has 1 heterocycles. The Hall–Kier alpha value is -1.59. The summed E-state index contributed by atoms with van der Waals surface area (Å²) < 4.78 is 10.5. The predicted molar refractivity (Wildman–Crippen MR) is 81.7 cm³/mol. The van der Waals surface area contributed by atoms with E-state index in [-0.39, 0.29) is 11.3 Å². The van der Waals surface area contributed by atoms with E-state index in [9.17, 15) is 4.79 Å². The number of benzene rings is 1. The van der Waals surface area contributed by atoms with Crippen molar-refractivity contribution in [1.82, 2.24) is 10.6 Å². The fourth-order valence-electron chi connectivity index (χ4n) is 2.77. The second kappa shape index (κ2) is 7.43. The van der Waals surface area contributed by atoms with Gasteiger partial charge < -0.3 is 20.1 Å². The molecule has 2 rings (SSSR count). The molecule has 1 amide bonds. The predicted octanol–water partition coefficient (Wildman–Crippen LogP) is 1.44. The van der Waals surface area contributed by atoms with Gasteiger partial charge in [-0.25, -0.2) is 0 Å². The number of amides is 1. The molecular formula is C16H24N2O3. The lowest BCUT2D eigenvalue weighted by atomic mass is 9.79. The molecule has 21 heavy (non-hydrogen) atoms. The number of hydrogen-bond donors (Lipinski definition) is 2. The van der Waals surface area contributed by atoms with Crippen molar-refractivity contribution in [3.05, 3.63) is 29.8 Å². The number of nitrogens with one attached hydrogen (secondary N) is 2. The molecule has 1 aliphatic rings. The Morgan fingerprint density at radius 1 is 1.33 bits per heavy atom. The Morgan fingerprint density at radius 3 is 2.76 bits per heavy atom. The quantitative estimate of drug-likeness (QED) is 0.833. The summed E-state index contributed by atoms with van der Waals surface area (Å²) in [5.74, 6) is 0.624. The number of carbonyl (C=O) groups excluding carboxylic acids is 1. The van der Waals surface area contributed by atoms with Crippen molar-refractivity contribution < 1.29 is 14.3 Å². The zero-order chi connectivity index (χ0) is 15.1. The molecule has 0 saturated carbocycles. The molecule has 0 bridgehead atoms. The van der Waals surface area contributed by atoms with Gasteiger partial charge in [-0.05, 0) is 44.1 Å². The molecule has 0 spiro atoms. The smallest absolute Gasteiger partial charge is 0.251 e. The minimum Gasteiger partial charge on any atom is -0.497 e. The maximum Gasteiger partial charge on any atom is 0.251 e. The molecular weight excluding hydrogens is 268 g/mol. The second-order valence-corrected chi connectivity index (χ2v) is 5.60. The van der Waals surface area contributed by atoms with E-state index < -0.39 is 0 Å². The van der Waals surface area contributed by atoms with E-state index in [1.54, 1.807) is 26.4 Å². The van der Waals surface area contributed by atoms with Crippen LogP contribution in [0.1, 0.15) is 23.2 Å². The minimum atomic E-state index is -0.0667. The zero-order valence-electron chi connectivity index (χ0n) is 12.8. The molecule has 116 valence electrons. The Balaban J connectivity index is 1.97. The molecule has 5 nitrogen and oxygen atoms in total. The van der Waals surface area contributed by atoms with Crippen LogP contribution in [0, 0.1) is 5.41 Å². The molecule has 1 aromatic carbocycles. The average Bonchev–Trinajstić information content (AvgIpc) is 2.54. The summed E-state index contributed by atoms with van der Waals surface area (Å²) >= 11 is 0. The molecule has 0 aromatic heterocycles. The molecule has 0 unspecified atom stereocenters. The first-order valence-corrected chi connectivity index (χ1v) is 7.31. The summed E-state index contributed by atoms with van der Waals surface area (Å²) in [6, 6.07) is 7.20.